The number of hydrogen-bond acceptors (Lipinski definition) is 5. The molecule has 2 aliphatic heterocycles. The molecule has 0 aromatic heterocycles. The number of sulfonamides is 1. The Bertz CT molecular complexity index is 647. The van der Waals surface area contributed by atoms with E-state index in [1.165, 1.54) is 0 Å². The first kappa shape index (κ1) is 15.9. The van der Waals surface area contributed by atoms with Gasteiger partial charge >= 0.3 is 0 Å². The summed E-state index contributed by atoms with van der Waals surface area (Å²) >= 11 is 0. The molecule has 0 radical (unpaired) electrons. The van der Waals surface area contributed by atoms with Crippen molar-refractivity contribution in [2.75, 3.05) is 32.8 Å². The second-order valence-corrected chi connectivity index (χ2v) is 7.80. The van der Waals surface area contributed by atoms with Crippen molar-refractivity contribution in [1.82, 2.24) is 9.21 Å². The number of aliphatic hydroxyl groups is 1. The monoisotopic (exact) mass is 326 g/mol. The molecule has 7 heteroatoms. The molecular weight excluding hydrogens is 304 g/mol. The van der Waals surface area contributed by atoms with Gasteiger partial charge in [0, 0.05) is 32.2 Å². The molecular formula is C15H22N2O4S. The smallest absolute Gasteiger partial charge is 0.243 e. The minimum Gasteiger partial charge on any atom is -0.395 e. The minimum atomic E-state index is -3.48. The van der Waals surface area contributed by atoms with Gasteiger partial charge in [0.05, 0.1) is 24.7 Å². The molecule has 1 aromatic carbocycles. The van der Waals surface area contributed by atoms with Crippen molar-refractivity contribution < 1.29 is 18.3 Å². The van der Waals surface area contributed by atoms with Crippen LogP contribution in [0, 0.1) is 0 Å². The van der Waals surface area contributed by atoms with Crippen LogP contribution in [0.3, 0.4) is 0 Å². The number of β-amino-alcohol motifs (C(OH)–C–C–N with tert-alkyl or cyclic N) is 1. The van der Waals surface area contributed by atoms with E-state index in [9.17, 15) is 8.42 Å². The summed E-state index contributed by atoms with van der Waals surface area (Å²) < 4.78 is 32.7. The highest BCUT2D eigenvalue weighted by atomic mass is 32.2. The Balaban J connectivity index is 1.81. The number of benzene rings is 1. The van der Waals surface area contributed by atoms with E-state index >= 15 is 0 Å². The summed E-state index contributed by atoms with van der Waals surface area (Å²) in [6.07, 6.45) is 0. The first-order valence-electron chi connectivity index (χ1n) is 7.57. The molecule has 2 aliphatic rings. The normalized spacial score (nSPS) is 23.6. The van der Waals surface area contributed by atoms with Crippen molar-refractivity contribution in [2.45, 2.75) is 31.1 Å². The minimum absolute atomic E-state index is 0.101. The zero-order valence-corrected chi connectivity index (χ0v) is 13.6. The van der Waals surface area contributed by atoms with Gasteiger partial charge in [-0.15, -0.1) is 0 Å². The van der Waals surface area contributed by atoms with Gasteiger partial charge in [-0.25, -0.2) is 8.42 Å². The van der Waals surface area contributed by atoms with Crippen molar-refractivity contribution in [3.05, 3.63) is 29.3 Å². The zero-order valence-electron chi connectivity index (χ0n) is 12.7. The molecule has 0 bridgehead atoms. The number of rotatable bonds is 4. The predicted molar refractivity (Wildman–Crippen MR) is 81.8 cm³/mol. The molecule has 0 aliphatic carbocycles. The molecule has 1 unspecified atom stereocenters. The van der Waals surface area contributed by atoms with Crippen molar-refractivity contribution in [3.8, 4) is 0 Å². The molecule has 0 spiro atoms. The van der Waals surface area contributed by atoms with Gasteiger partial charge in [-0.3, -0.25) is 4.90 Å². The van der Waals surface area contributed by atoms with Crippen LogP contribution in [-0.2, 0) is 28.0 Å². The largest absolute Gasteiger partial charge is 0.395 e. The standard InChI is InChI=1S/C15H22N2O4S/c1-12-9-16(6-7-18)4-5-17(12)22(19,20)15-3-2-13-10-21-11-14(13)8-15/h2-3,8,12,18H,4-7,9-11H2,1H3. The van der Waals surface area contributed by atoms with Gasteiger partial charge < -0.3 is 9.84 Å². The highest BCUT2D eigenvalue weighted by molar-refractivity contribution is 7.89. The fraction of sp³-hybridized carbons (Fsp3) is 0.600. The molecule has 2 heterocycles. The van der Waals surface area contributed by atoms with Gasteiger partial charge in [0.25, 0.3) is 0 Å². The Morgan fingerprint density at radius 3 is 2.77 bits per heavy atom. The fourth-order valence-corrected chi connectivity index (χ4v) is 4.83. The Morgan fingerprint density at radius 1 is 1.27 bits per heavy atom. The van der Waals surface area contributed by atoms with Crippen molar-refractivity contribution in [2.24, 2.45) is 0 Å². The molecule has 1 atom stereocenters. The quantitative estimate of drug-likeness (QED) is 0.867. The summed E-state index contributed by atoms with van der Waals surface area (Å²) in [7, 11) is -3.48. The molecule has 0 amide bonds. The van der Waals surface area contributed by atoms with Gasteiger partial charge in [0.1, 0.15) is 0 Å². The number of aliphatic hydroxyl groups excluding tert-OH is 1. The summed E-state index contributed by atoms with van der Waals surface area (Å²) in [6.45, 7) is 5.41. The highest BCUT2D eigenvalue weighted by Gasteiger charge is 2.34. The maximum absolute atomic E-state index is 12.9. The lowest BCUT2D eigenvalue weighted by molar-refractivity contribution is 0.120. The van der Waals surface area contributed by atoms with Gasteiger partial charge in [-0.2, -0.15) is 4.31 Å². The van der Waals surface area contributed by atoms with Crippen LogP contribution >= 0.6 is 0 Å². The van der Waals surface area contributed by atoms with Crippen molar-refractivity contribution >= 4 is 10.0 Å². The number of hydrogen-bond donors (Lipinski definition) is 1. The van der Waals surface area contributed by atoms with Crippen LogP contribution in [0.4, 0.5) is 0 Å². The maximum Gasteiger partial charge on any atom is 0.243 e. The van der Waals surface area contributed by atoms with Gasteiger partial charge in [-0.05, 0) is 30.2 Å². The van der Waals surface area contributed by atoms with Crippen LogP contribution in [0.5, 0.6) is 0 Å². The molecule has 22 heavy (non-hydrogen) atoms. The lowest BCUT2D eigenvalue weighted by Crippen LogP contribution is -2.54. The Labute approximate surface area is 131 Å². The molecule has 1 saturated heterocycles. The molecule has 1 N–H and O–H groups in total. The third-order valence-corrected chi connectivity index (χ3v) is 6.38. The van der Waals surface area contributed by atoms with E-state index in [1.807, 2.05) is 13.0 Å². The van der Waals surface area contributed by atoms with Gasteiger partial charge in [-0.1, -0.05) is 6.07 Å². The second-order valence-electron chi connectivity index (χ2n) is 5.91. The van der Waals surface area contributed by atoms with E-state index in [1.54, 1.807) is 16.4 Å². The second kappa shape index (κ2) is 6.25. The summed E-state index contributed by atoms with van der Waals surface area (Å²) in [4.78, 5) is 2.44. The summed E-state index contributed by atoms with van der Waals surface area (Å²) in [5.41, 5.74) is 2.03. The number of piperazine rings is 1. The van der Waals surface area contributed by atoms with Crippen molar-refractivity contribution in [1.29, 1.82) is 0 Å². The molecule has 6 nitrogen and oxygen atoms in total. The molecule has 0 saturated carbocycles. The zero-order chi connectivity index (χ0) is 15.7. The lowest BCUT2D eigenvalue weighted by Gasteiger charge is -2.38. The van der Waals surface area contributed by atoms with Crippen LogP contribution in [0.1, 0.15) is 18.1 Å². The van der Waals surface area contributed by atoms with E-state index in [4.69, 9.17) is 9.84 Å². The molecule has 3 rings (SSSR count). The first-order chi connectivity index (χ1) is 10.5. The highest BCUT2D eigenvalue weighted by Crippen LogP contribution is 2.26. The average Bonchev–Trinajstić information content (AvgIpc) is 2.94. The van der Waals surface area contributed by atoms with E-state index in [2.05, 4.69) is 4.90 Å². The third-order valence-electron chi connectivity index (χ3n) is 4.37. The van der Waals surface area contributed by atoms with Crippen molar-refractivity contribution in [3.63, 3.8) is 0 Å². The topological polar surface area (TPSA) is 70.1 Å². The van der Waals surface area contributed by atoms with E-state index in [-0.39, 0.29) is 12.6 Å². The fourth-order valence-electron chi connectivity index (χ4n) is 3.16. The van der Waals surface area contributed by atoms with Gasteiger partial charge in [0.15, 0.2) is 0 Å². The van der Waals surface area contributed by atoms with Crippen LogP contribution in [0.2, 0.25) is 0 Å². The van der Waals surface area contributed by atoms with E-state index < -0.39 is 10.0 Å². The lowest BCUT2D eigenvalue weighted by atomic mass is 10.1. The van der Waals surface area contributed by atoms with Gasteiger partial charge in [0.2, 0.25) is 10.0 Å². The van der Waals surface area contributed by atoms with E-state index in [0.717, 1.165) is 11.1 Å². The Hall–Kier alpha value is -0.990. The average molecular weight is 326 g/mol. The first-order valence-corrected chi connectivity index (χ1v) is 9.01. The molecule has 1 fully saturated rings. The summed E-state index contributed by atoms with van der Waals surface area (Å²) in [5.74, 6) is 0. The Kier molecular flexibility index (Phi) is 4.52. The summed E-state index contributed by atoms with van der Waals surface area (Å²) in [6, 6.07) is 5.16. The van der Waals surface area contributed by atoms with Crippen LogP contribution in [0.25, 0.3) is 0 Å². The number of nitrogens with zero attached hydrogens (tertiary/aromatic N) is 2. The molecule has 1 aromatic rings. The third kappa shape index (κ3) is 2.91. The summed E-state index contributed by atoms with van der Waals surface area (Å²) in [5, 5.41) is 9.01. The van der Waals surface area contributed by atoms with Crippen LogP contribution in [-0.4, -0.2) is 61.6 Å². The molecule has 122 valence electrons. The number of ether oxygens (including phenoxy) is 1. The van der Waals surface area contributed by atoms with E-state index in [0.29, 0.717) is 44.3 Å². The van der Waals surface area contributed by atoms with Crippen LogP contribution < -0.4 is 0 Å². The maximum atomic E-state index is 12.9. The predicted octanol–water partition coefficient (Wildman–Crippen LogP) is 0.404. The Morgan fingerprint density at radius 2 is 2.05 bits per heavy atom. The number of fused-ring (bicyclic) bond motifs is 1. The van der Waals surface area contributed by atoms with Crippen LogP contribution in [0.15, 0.2) is 23.1 Å². The SMILES string of the molecule is CC1CN(CCO)CCN1S(=O)(=O)c1ccc2c(c1)COC2.